The molecule has 8 heteroatoms. The Balaban J connectivity index is 1.96. The van der Waals surface area contributed by atoms with Crippen molar-refractivity contribution < 1.29 is 23.5 Å². The van der Waals surface area contributed by atoms with Crippen LogP contribution in [0.3, 0.4) is 0 Å². The minimum atomic E-state index is -0.875. The second-order valence-corrected chi connectivity index (χ2v) is 8.60. The van der Waals surface area contributed by atoms with Crippen molar-refractivity contribution in [3.05, 3.63) is 58.0 Å². The number of carbonyl (C=O) groups is 3. The van der Waals surface area contributed by atoms with Crippen LogP contribution in [-0.2, 0) is 19.1 Å². The maximum absolute atomic E-state index is 13.2. The van der Waals surface area contributed by atoms with Crippen LogP contribution in [0.4, 0.5) is 4.39 Å². The van der Waals surface area contributed by atoms with Gasteiger partial charge in [0.1, 0.15) is 11.9 Å². The molecule has 0 aliphatic heterocycles. The number of rotatable bonds is 7. The number of amides is 2. The lowest BCUT2D eigenvalue weighted by Crippen LogP contribution is -2.45. The average Bonchev–Trinajstić information content (AvgIpc) is 3.18. The topological polar surface area (TPSA) is 84.5 Å². The van der Waals surface area contributed by atoms with Crippen molar-refractivity contribution in [2.45, 2.75) is 39.8 Å². The summed E-state index contributed by atoms with van der Waals surface area (Å²) >= 11 is 1.45. The lowest BCUT2D eigenvalue weighted by Gasteiger charge is -2.21. The van der Waals surface area contributed by atoms with Crippen LogP contribution in [0, 0.1) is 11.2 Å². The lowest BCUT2D eigenvalue weighted by molar-refractivity contribution is -0.151. The van der Waals surface area contributed by atoms with Crippen LogP contribution in [0.25, 0.3) is 0 Å². The van der Waals surface area contributed by atoms with Crippen LogP contribution in [-0.4, -0.2) is 30.4 Å². The Morgan fingerprint density at radius 1 is 1.10 bits per heavy atom. The maximum Gasteiger partial charge on any atom is 0.328 e. The van der Waals surface area contributed by atoms with Gasteiger partial charge in [-0.3, -0.25) is 9.59 Å². The Bertz CT molecular complexity index is 845. The monoisotopic (exact) mass is 420 g/mol. The van der Waals surface area contributed by atoms with Crippen LogP contribution in [0.2, 0.25) is 0 Å². The van der Waals surface area contributed by atoms with Gasteiger partial charge in [0, 0.05) is 10.3 Å². The molecule has 1 aromatic carbocycles. The van der Waals surface area contributed by atoms with Gasteiger partial charge in [0.15, 0.2) is 6.61 Å². The Kier molecular flexibility index (Phi) is 7.50. The number of ether oxygens (including phenoxy) is 1. The summed E-state index contributed by atoms with van der Waals surface area (Å²) in [5.74, 6) is -1.87. The summed E-state index contributed by atoms with van der Waals surface area (Å²) in [6.45, 7) is 6.20. The minimum Gasteiger partial charge on any atom is -0.454 e. The van der Waals surface area contributed by atoms with Crippen molar-refractivity contribution >= 4 is 29.1 Å². The molecule has 2 amide bonds. The first-order valence-corrected chi connectivity index (χ1v) is 10.0. The summed E-state index contributed by atoms with van der Waals surface area (Å²) in [7, 11) is 0. The fourth-order valence-corrected chi connectivity index (χ4v) is 3.17. The van der Waals surface area contributed by atoms with Crippen LogP contribution < -0.4 is 10.6 Å². The second kappa shape index (κ2) is 9.65. The number of halogens is 1. The van der Waals surface area contributed by atoms with E-state index in [-0.39, 0.29) is 11.7 Å². The molecule has 29 heavy (non-hydrogen) atoms. The molecule has 156 valence electrons. The molecule has 2 N–H and O–H groups in total. The molecule has 0 spiro atoms. The third-order valence-corrected chi connectivity index (χ3v) is 5.00. The van der Waals surface area contributed by atoms with E-state index in [9.17, 15) is 18.8 Å². The highest BCUT2D eigenvalue weighted by molar-refractivity contribution is 7.10. The molecule has 0 aliphatic carbocycles. The molecule has 0 fully saturated rings. The number of thiophene rings is 1. The molecule has 0 bridgehead atoms. The molecule has 1 aromatic heterocycles. The van der Waals surface area contributed by atoms with E-state index in [1.807, 2.05) is 17.5 Å². The highest BCUT2D eigenvalue weighted by Crippen LogP contribution is 2.26. The van der Waals surface area contributed by atoms with Crippen LogP contribution in [0.1, 0.15) is 44.2 Å². The van der Waals surface area contributed by atoms with Gasteiger partial charge < -0.3 is 15.4 Å². The number of esters is 1. The Morgan fingerprint density at radius 2 is 1.76 bits per heavy atom. The smallest absolute Gasteiger partial charge is 0.328 e. The fourth-order valence-electron chi connectivity index (χ4n) is 2.37. The van der Waals surface area contributed by atoms with Crippen LogP contribution >= 0.6 is 11.3 Å². The third-order valence-electron chi connectivity index (χ3n) is 4.06. The van der Waals surface area contributed by atoms with Crippen LogP contribution in [0.15, 0.2) is 41.8 Å². The summed E-state index contributed by atoms with van der Waals surface area (Å²) in [5.41, 5.74) is 0.0639. The molecule has 2 atom stereocenters. The van der Waals surface area contributed by atoms with Gasteiger partial charge in [-0.2, -0.15) is 0 Å². The molecule has 2 unspecified atom stereocenters. The zero-order valence-corrected chi connectivity index (χ0v) is 17.6. The van der Waals surface area contributed by atoms with Gasteiger partial charge in [0.25, 0.3) is 5.91 Å². The summed E-state index contributed by atoms with van der Waals surface area (Å²) < 4.78 is 18.3. The van der Waals surface area contributed by atoms with E-state index in [2.05, 4.69) is 10.6 Å². The first kappa shape index (κ1) is 22.5. The van der Waals surface area contributed by atoms with E-state index in [1.54, 1.807) is 32.9 Å². The van der Waals surface area contributed by atoms with Crippen molar-refractivity contribution in [2.75, 3.05) is 6.61 Å². The summed E-state index contributed by atoms with van der Waals surface area (Å²) in [4.78, 5) is 37.2. The Morgan fingerprint density at radius 3 is 2.31 bits per heavy atom. The molecule has 0 radical (unpaired) electrons. The van der Waals surface area contributed by atoms with E-state index in [1.165, 1.54) is 30.4 Å². The van der Waals surface area contributed by atoms with Crippen LogP contribution in [0.5, 0.6) is 0 Å². The van der Waals surface area contributed by atoms with Crippen molar-refractivity contribution in [3.8, 4) is 0 Å². The maximum atomic E-state index is 13.2. The van der Waals surface area contributed by atoms with Gasteiger partial charge in [0.2, 0.25) is 5.91 Å². The third kappa shape index (κ3) is 6.67. The molecule has 0 aliphatic rings. The molecule has 6 nitrogen and oxygen atoms in total. The van der Waals surface area contributed by atoms with Crippen molar-refractivity contribution in [2.24, 2.45) is 5.41 Å². The number of benzene rings is 1. The van der Waals surface area contributed by atoms with Gasteiger partial charge in [-0.25, -0.2) is 9.18 Å². The highest BCUT2D eigenvalue weighted by atomic mass is 32.1. The van der Waals surface area contributed by atoms with E-state index < -0.39 is 36.0 Å². The minimum absolute atomic E-state index is 0.291. The van der Waals surface area contributed by atoms with E-state index in [0.717, 1.165) is 4.88 Å². The van der Waals surface area contributed by atoms with E-state index in [0.29, 0.717) is 5.56 Å². The number of hydrogen-bond donors (Lipinski definition) is 2. The van der Waals surface area contributed by atoms with Gasteiger partial charge in [0.05, 0.1) is 6.04 Å². The Hall–Kier alpha value is -2.74. The molecule has 2 rings (SSSR count). The van der Waals surface area contributed by atoms with Gasteiger partial charge in [-0.15, -0.1) is 11.3 Å². The van der Waals surface area contributed by atoms with Crippen molar-refractivity contribution in [3.63, 3.8) is 0 Å². The summed E-state index contributed by atoms with van der Waals surface area (Å²) in [5, 5.41) is 7.23. The predicted octanol–water partition coefficient (Wildman–Crippen LogP) is 3.19. The normalized spacial score (nSPS) is 13.3. The number of carbonyl (C=O) groups excluding carboxylic acids is 3. The highest BCUT2D eigenvalue weighted by Gasteiger charge is 2.26. The predicted molar refractivity (Wildman–Crippen MR) is 109 cm³/mol. The lowest BCUT2D eigenvalue weighted by atomic mass is 9.95. The largest absolute Gasteiger partial charge is 0.454 e. The average molecular weight is 421 g/mol. The Labute approximate surface area is 173 Å². The molecule has 0 saturated heterocycles. The molecular formula is C21H25FN2O4S. The summed E-state index contributed by atoms with van der Waals surface area (Å²) in [6, 6.07) is 8.17. The molecule has 0 saturated carbocycles. The molecule has 1 heterocycles. The quantitative estimate of drug-likeness (QED) is 0.674. The first-order valence-electron chi connectivity index (χ1n) is 9.13. The zero-order chi connectivity index (χ0) is 21.6. The second-order valence-electron chi connectivity index (χ2n) is 7.62. The zero-order valence-electron chi connectivity index (χ0n) is 16.8. The molecule has 2 aromatic rings. The van der Waals surface area contributed by atoms with E-state index in [4.69, 9.17) is 4.74 Å². The van der Waals surface area contributed by atoms with Gasteiger partial charge >= 0.3 is 5.97 Å². The standard InChI is InChI=1S/C21H25FN2O4S/c1-13(23-20(27)21(2,3)4)19(26)28-12-17(25)24-18(16-6-5-11-29-16)14-7-9-15(22)10-8-14/h5-11,13,18H,12H2,1-4H3,(H,23,27)(H,24,25). The van der Waals surface area contributed by atoms with E-state index >= 15 is 0 Å². The van der Waals surface area contributed by atoms with Gasteiger partial charge in [-0.05, 0) is 36.1 Å². The first-order chi connectivity index (χ1) is 13.6. The molecular weight excluding hydrogens is 395 g/mol. The van der Waals surface area contributed by atoms with Gasteiger partial charge in [-0.1, -0.05) is 39.0 Å². The number of nitrogens with one attached hydrogen (secondary N) is 2. The van der Waals surface area contributed by atoms with Crippen molar-refractivity contribution in [1.82, 2.24) is 10.6 Å². The summed E-state index contributed by atoms with van der Waals surface area (Å²) in [6.07, 6.45) is 0. The fraction of sp³-hybridized carbons (Fsp3) is 0.381. The van der Waals surface area contributed by atoms with Crippen molar-refractivity contribution in [1.29, 1.82) is 0 Å². The SMILES string of the molecule is CC(NC(=O)C(C)(C)C)C(=O)OCC(=O)NC(c1ccc(F)cc1)c1cccs1. The number of hydrogen-bond acceptors (Lipinski definition) is 5.